The summed E-state index contributed by atoms with van der Waals surface area (Å²) in [5, 5.41) is 63.1. The van der Waals surface area contributed by atoms with Gasteiger partial charge in [0.25, 0.3) is 0 Å². The van der Waals surface area contributed by atoms with Gasteiger partial charge in [-0.25, -0.2) is 0 Å². The lowest BCUT2D eigenvalue weighted by molar-refractivity contribution is -0.346. The number of aliphatic hydroxyl groups is 5. The zero-order chi connectivity index (χ0) is 29.1. The molecule has 0 radical (unpaired) electrons. The van der Waals surface area contributed by atoms with Crippen LogP contribution < -0.4 is 5.11 Å². The topological polar surface area (TPSA) is 177 Å². The predicted octanol–water partition coefficient (Wildman–Crippen LogP) is 0.494. The number of aliphatic hydroxyl groups excluding tert-OH is 5. The van der Waals surface area contributed by atoms with Crippen LogP contribution in [0.2, 0.25) is 0 Å². The molecule has 10 nitrogen and oxygen atoms in total. The number of rotatable bonds is 6. The first kappa shape index (κ1) is 30.2. The zero-order valence-electron chi connectivity index (χ0n) is 23.9. The molecule has 4 saturated carbocycles. The Morgan fingerprint density at radius 3 is 2.38 bits per heavy atom. The highest BCUT2D eigenvalue weighted by atomic mass is 16.7. The molecule has 1 aliphatic heterocycles. The number of hydrogen-bond acceptors (Lipinski definition) is 10. The molecule has 0 spiro atoms. The lowest BCUT2D eigenvalue weighted by atomic mass is 9.43. The maximum absolute atomic E-state index is 12.7. The van der Waals surface area contributed by atoms with Gasteiger partial charge in [0.05, 0.1) is 18.2 Å². The molecule has 228 valence electrons. The molecule has 0 aromatic rings. The van der Waals surface area contributed by atoms with Gasteiger partial charge in [0, 0.05) is 6.42 Å². The van der Waals surface area contributed by atoms with Crippen LogP contribution in [0.4, 0.5) is 0 Å². The zero-order valence-corrected chi connectivity index (χ0v) is 23.9. The van der Waals surface area contributed by atoms with Crippen molar-refractivity contribution in [2.75, 3.05) is 0 Å². The van der Waals surface area contributed by atoms with Gasteiger partial charge in [0.15, 0.2) is 0 Å². The van der Waals surface area contributed by atoms with Crippen LogP contribution in [0.1, 0.15) is 85.0 Å². The van der Waals surface area contributed by atoms with Crippen LogP contribution in [0.3, 0.4) is 0 Å². The second kappa shape index (κ2) is 11.1. The van der Waals surface area contributed by atoms with E-state index in [0.29, 0.717) is 30.1 Å². The van der Waals surface area contributed by atoms with E-state index in [1.165, 1.54) is 0 Å². The van der Waals surface area contributed by atoms with E-state index < -0.39 is 48.7 Å². The van der Waals surface area contributed by atoms with Crippen LogP contribution in [0.25, 0.3) is 0 Å². The summed E-state index contributed by atoms with van der Waals surface area (Å²) in [7, 11) is 0. The van der Waals surface area contributed by atoms with Gasteiger partial charge in [-0.1, -0.05) is 20.8 Å². The third kappa shape index (κ3) is 4.90. The molecule has 40 heavy (non-hydrogen) atoms. The van der Waals surface area contributed by atoms with Gasteiger partial charge in [0.2, 0.25) is 6.29 Å². The van der Waals surface area contributed by atoms with Gasteiger partial charge in [-0.15, -0.1) is 0 Å². The number of carbonyl (C=O) groups excluding carboxylic acids is 2. The molecule has 5 fully saturated rings. The minimum atomic E-state index is -1.93. The van der Waals surface area contributed by atoms with Crippen molar-refractivity contribution in [1.29, 1.82) is 0 Å². The highest BCUT2D eigenvalue weighted by Gasteiger charge is 2.63. The molecule has 10 heteroatoms. The second-order valence-corrected chi connectivity index (χ2v) is 14.1. The number of hydrogen-bond donors (Lipinski definition) is 5. The van der Waals surface area contributed by atoms with Gasteiger partial charge in [-0.05, 0) is 104 Å². The fourth-order valence-electron chi connectivity index (χ4n) is 10.0. The SMILES string of the molecule is C[C@H](CCC(=O)O[C@@H]1O[C@H](C(=O)[O-])[C@@H](O)[C@H](O)[C@H]1O)[C@H]1CC[C@H]2[C@@H]3CC[C@@H]4C[C@H](O)CC[C@]4(C)[C@H]3C[C@H](O)[C@]12C. The van der Waals surface area contributed by atoms with Gasteiger partial charge in [-0.2, -0.15) is 0 Å². The summed E-state index contributed by atoms with van der Waals surface area (Å²) in [6.45, 7) is 6.74. The first-order chi connectivity index (χ1) is 18.8. The van der Waals surface area contributed by atoms with Crippen LogP contribution in [0, 0.1) is 46.3 Å². The number of esters is 1. The Hall–Kier alpha value is -1.30. The predicted molar refractivity (Wildman–Crippen MR) is 139 cm³/mol. The summed E-state index contributed by atoms with van der Waals surface area (Å²) >= 11 is 0. The number of aliphatic carboxylic acids is 1. The lowest BCUT2D eigenvalue weighted by Crippen LogP contribution is -2.62. The second-order valence-electron chi connectivity index (χ2n) is 14.1. The monoisotopic (exact) mass is 567 g/mol. The Morgan fingerprint density at radius 1 is 0.950 bits per heavy atom. The molecule has 0 bridgehead atoms. The maximum atomic E-state index is 12.7. The minimum absolute atomic E-state index is 0.00383. The summed E-state index contributed by atoms with van der Waals surface area (Å²) in [6.07, 6.45) is -1.49. The summed E-state index contributed by atoms with van der Waals surface area (Å²) in [5.41, 5.74) is -0.0739. The van der Waals surface area contributed by atoms with Crippen molar-refractivity contribution < 1.29 is 49.7 Å². The minimum Gasteiger partial charge on any atom is -0.547 e. The Morgan fingerprint density at radius 2 is 1.68 bits per heavy atom. The molecule has 4 aliphatic carbocycles. The van der Waals surface area contributed by atoms with Crippen molar-refractivity contribution in [3.63, 3.8) is 0 Å². The Labute approximate surface area is 236 Å². The Balaban J connectivity index is 1.21. The first-order valence-corrected chi connectivity index (χ1v) is 15.2. The molecule has 5 N–H and O–H groups in total. The first-order valence-electron chi connectivity index (χ1n) is 15.2. The van der Waals surface area contributed by atoms with Crippen molar-refractivity contribution in [3.05, 3.63) is 0 Å². The van der Waals surface area contributed by atoms with E-state index in [4.69, 9.17) is 9.47 Å². The number of carboxylic acids is 1. The molecule has 1 saturated heterocycles. The van der Waals surface area contributed by atoms with Crippen LogP contribution in [0.15, 0.2) is 0 Å². The third-order valence-electron chi connectivity index (χ3n) is 12.4. The van der Waals surface area contributed by atoms with E-state index in [1.807, 2.05) is 0 Å². The molecule has 1 heterocycles. The van der Waals surface area contributed by atoms with Gasteiger partial charge >= 0.3 is 5.97 Å². The molecule has 0 aromatic heterocycles. The third-order valence-corrected chi connectivity index (χ3v) is 12.4. The molecular formula is C30H47O10-. The van der Waals surface area contributed by atoms with Crippen molar-refractivity contribution in [2.24, 2.45) is 46.3 Å². The smallest absolute Gasteiger partial charge is 0.308 e. The number of carboxylic acid groups (broad SMARTS) is 1. The highest BCUT2D eigenvalue weighted by Crippen LogP contribution is 2.68. The molecule has 5 aliphatic rings. The molecule has 5 rings (SSSR count). The maximum Gasteiger partial charge on any atom is 0.308 e. The standard InChI is InChI=1S/C30H48O10/c1-14(4-9-22(33)39-28-25(36)23(34)24(35)26(40-28)27(37)38)18-7-8-19-17-6-5-15-12-16(31)10-11-29(15,2)20(17)13-21(32)30(18,19)3/h14-21,23-26,28,31-32,34-36H,4-13H2,1-3H3,(H,37,38)/p-1/t14-,15-,16-,17+,18-,19+,20+,21+,23+,24+,25-,26+,28-,29+,30-/m1/s1. The van der Waals surface area contributed by atoms with Crippen LogP contribution in [0.5, 0.6) is 0 Å². The summed E-state index contributed by atoms with van der Waals surface area (Å²) in [5.74, 6) is -0.158. The van der Waals surface area contributed by atoms with Gasteiger partial charge < -0.3 is 44.9 Å². The average molecular weight is 568 g/mol. The van der Waals surface area contributed by atoms with E-state index >= 15 is 0 Å². The van der Waals surface area contributed by atoms with E-state index in [9.17, 15) is 40.2 Å². The van der Waals surface area contributed by atoms with Crippen molar-refractivity contribution in [2.45, 2.75) is 128 Å². The Bertz CT molecular complexity index is 959. The van der Waals surface area contributed by atoms with Crippen molar-refractivity contribution in [3.8, 4) is 0 Å². The average Bonchev–Trinajstić information content (AvgIpc) is 3.27. The van der Waals surface area contributed by atoms with Crippen LogP contribution in [-0.2, 0) is 19.1 Å². The van der Waals surface area contributed by atoms with Crippen molar-refractivity contribution >= 4 is 11.9 Å². The van der Waals surface area contributed by atoms with Crippen molar-refractivity contribution in [1.82, 2.24) is 0 Å². The van der Waals surface area contributed by atoms with Crippen LogP contribution >= 0.6 is 0 Å². The highest BCUT2D eigenvalue weighted by molar-refractivity contribution is 5.71. The molecule has 0 unspecified atom stereocenters. The van der Waals surface area contributed by atoms with Gasteiger partial charge in [-0.3, -0.25) is 4.79 Å². The van der Waals surface area contributed by atoms with E-state index in [0.717, 1.165) is 51.4 Å². The van der Waals surface area contributed by atoms with Crippen LogP contribution in [-0.4, -0.2) is 80.4 Å². The summed E-state index contributed by atoms with van der Waals surface area (Å²) < 4.78 is 10.2. The molecule has 0 aromatic carbocycles. The number of ether oxygens (including phenoxy) is 2. The van der Waals surface area contributed by atoms with E-state index in [2.05, 4.69) is 20.8 Å². The lowest BCUT2D eigenvalue weighted by Gasteiger charge is -2.62. The van der Waals surface area contributed by atoms with E-state index in [1.54, 1.807) is 0 Å². The quantitative estimate of drug-likeness (QED) is 0.284. The normalized spacial score (nSPS) is 51.2. The molecule has 0 amide bonds. The fraction of sp³-hybridized carbons (Fsp3) is 0.933. The Kier molecular flexibility index (Phi) is 8.36. The molecule has 15 atom stereocenters. The van der Waals surface area contributed by atoms with Gasteiger partial charge in [0.1, 0.15) is 24.4 Å². The summed E-state index contributed by atoms with van der Waals surface area (Å²) in [6, 6.07) is 0. The largest absolute Gasteiger partial charge is 0.547 e. The molecular weight excluding hydrogens is 520 g/mol. The summed E-state index contributed by atoms with van der Waals surface area (Å²) in [4.78, 5) is 23.9. The van der Waals surface area contributed by atoms with E-state index in [-0.39, 0.29) is 35.2 Å². The number of fused-ring (bicyclic) bond motifs is 5. The number of carbonyl (C=O) groups is 2. The fourth-order valence-corrected chi connectivity index (χ4v) is 10.0.